The Hall–Kier alpha value is -2.93. The van der Waals surface area contributed by atoms with E-state index in [9.17, 15) is 14.4 Å². The maximum absolute atomic E-state index is 12.4. The Morgan fingerprint density at radius 3 is 2.39 bits per heavy atom. The zero-order valence-corrected chi connectivity index (χ0v) is 17.3. The molecule has 2 rings (SSSR count). The molecule has 1 amide bonds. The molecule has 0 aliphatic heterocycles. The summed E-state index contributed by atoms with van der Waals surface area (Å²) in [5, 5.41) is 2.62. The van der Waals surface area contributed by atoms with Crippen LogP contribution in [0.1, 0.15) is 29.8 Å². The summed E-state index contributed by atoms with van der Waals surface area (Å²) in [5.41, 5.74) is 1.66. The molecule has 0 aromatic heterocycles. The van der Waals surface area contributed by atoms with Gasteiger partial charge in [-0.25, -0.2) is 4.79 Å². The molecular formula is C21H20BrNO5. The number of nitrogens with one attached hydrogen (secondary N) is 1. The standard InChI is InChI=1S/C21H20BrNO5/c1-13(21(26)15-4-8-18(9-5-15)23-14(2)24)28-20(25)11-6-16-12-17(22)7-10-19(16)27-3/h4-13H,1-3H3,(H,23,24)/b11-6+. The number of rotatable bonds is 7. The Bertz CT molecular complexity index is 906. The third-order valence-electron chi connectivity index (χ3n) is 3.74. The van der Waals surface area contributed by atoms with Gasteiger partial charge in [-0.05, 0) is 55.5 Å². The van der Waals surface area contributed by atoms with Gasteiger partial charge in [0.15, 0.2) is 6.10 Å². The minimum absolute atomic E-state index is 0.199. The normalized spacial score (nSPS) is 11.7. The van der Waals surface area contributed by atoms with Crippen LogP contribution in [0.5, 0.6) is 5.75 Å². The van der Waals surface area contributed by atoms with Crippen LogP contribution in [0.25, 0.3) is 6.08 Å². The van der Waals surface area contributed by atoms with Crippen LogP contribution in [-0.2, 0) is 14.3 Å². The molecule has 28 heavy (non-hydrogen) atoms. The van der Waals surface area contributed by atoms with E-state index in [2.05, 4.69) is 21.2 Å². The molecule has 0 spiro atoms. The Morgan fingerprint density at radius 1 is 1.11 bits per heavy atom. The molecule has 0 saturated carbocycles. The first-order valence-corrected chi connectivity index (χ1v) is 9.23. The molecule has 0 aliphatic carbocycles. The molecule has 6 nitrogen and oxygen atoms in total. The van der Waals surface area contributed by atoms with E-state index in [0.29, 0.717) is 22.6 Å². The van der Waals surface area contributed by atoms with Crippen molar-refractivity contribution in [2.75, 3.05) is 12.4 Å². The zero-order chi connectivity index (χ0) is 20.7. The summed E-state index contributed by atoms with van der Waals surface area (Å²) in [6, 6.07) is 11.8. The number of halogens is 1. The molecule has 0 fully saturated rings. The third-order valence-corrected chi connectivity index (χ3v) is 4.24. The minimum atomic E-state index is -0.951. The summed E-state index contributed by atoms with van der Waals surface area (Å²) in [6.45, 7) is 2.91. The van der Waals surface area contributed by atoms with E-state index in [4.69, 9.17) is 9.47 Å². The molecule has 0 saturated heterocycles. The molecule has 1 unspecified atom stereocenters. The molecule has 146 valence electrons. The summed E-state index contributed by atoms with van der Waals surface area (Å²) in [7, 11) is 1.54. The van der Waals surface area contributed by atoms with Gasteiger partial charge in [-0.15, -0.1) is 0 Å². The number of methoxy groups -OCH3 is 1. The highest BCUT2D eigenvalue weighted by Crippen LogP contribution is 2.24. The van der Waals surface area contributed by atoms with Crippen LogP contribution in [0.2, 0.25) is 0 Å². The smallest absolute Gasteiger partial charge is 0.331 e. The molecule has 2 aromatic rings. The van der Waals surface area contributed by atoms with E-state index in [-0.39, 0.29) is 11.7 Å². The van der Waals surface area contributed by atoms with Crippen LogP contribution in [-0.4, -0.2) is 30.9 Å². The fraction of sp³-hybridized carbons (Fsp3) is 0.190. The number of carbonyl (C=O) groups excluding carboxylic acids is 3. The molecular weight excluding hydrogens is 426 g/mol. The minimum Gasteiger partial charge on any atom is -0.496 e. The number of ether oxygens (including phenoxy) is 2. The second-order valence-corrected chi connectivity index (χ2v) is 6.84. The SMILES string of the molecule is COc1ccc(Br)cc1/C=C/C(=O)OC(C)C(=O)c1ccc(NC(C)=O)cc1. The van der Waals surface area contributed by atoms with Gasteiger partial charge in [-0.3, -0.25) is 9.59 Å². The fourth-order valence-electron chi connectivity index (χ4n) is 2.42. The highest BCUT2D eigenvalue weighted by atomic mass is 79.9. The van der Waals surface area contributed by atoms with Gasteiger partial charge >= 0.3 is 5.97 Å². The van der Waals surface area contributed by atoms with Crippen molar-refractivity contribution in [2.24, 2.45) is 0 Å². The van der Waals surface area contributed by atoms with Gasteiger partial charge in [0.25, 0.3) is 0 Å². The first-order chi connectivity index (χ1) is 13.3. The van der Waals surface area contributed by atoms with E-state index in [1.54, 1.807) is 42.5 Å². The number of esters is 1. The van der Waals surface area contributed by atoms with Gasteiger partial charge < -0.3 is 14.8 Å². The summed E-state index contributed by atoms with van der Waals surface area (Å²) in [6.07, 6.45) is 1.85. The molecule has 1 N–H and O–H groups in total. The summed E-state index contributed by atoms with van der Waals surface area (Å²) >= 11 is 3.36. The second-order valence-electron chi connectivity index (χ2n) is 5.92. The lowest BCUT2D eigenvalue weighted by molar-refractivity contribution is -0.140. The van der Waals surface area contributed by atoms with Crippen LogP contribution in [0.15, 0.2) is 53.0 Å². The van der Waals surface area contributed by atoms with Crippen molar-refractivity contribution in [2.45, 2.75) is 20.0 Å². The molecule has 2 aromatic carbocycles. The van der Waals surface area contributed by atoms with Crippen molar-refractivity contribution in [3.05, 3.63) is 64.1 Å². The monoisotopic (exact) mass is 445 g/mol. The number of benzene rings is 2. The number of Topliss-reactive ketones (excluding diaryl/α,β-unsaturated/α-hetero) is 1. The van der Waals surface area contributed by atoms with E-state index in [1.165, 1.54) is 27.0 Å². The third kappa shape index (κ3) is 6.06. The Labute approximate surface area is 171 Å². The van der Waals surface area contributed by atoms with E-state index >= 15 is 0 Å². The topological polar surface area (TPSA) is 81.7 Å². The van der Waals surface area contributed by atoms with Crippen LogP contribution in [0.3, 0.4) is 0 Å². The quantitative estimate of drug-likeness (QED) is 0.391. The van der Waals surface area contributed by atoms with Crippen molar-refractivity contribution in [1.82, 2.24) is 0 Å². The van der Waals surface area contributed by atoms with Crippen LogP contribution < -0.4 is 10.1 Å². The predicted octanol–water partition coefficient (Wildman–Crippen LogP) is 4.24. The van der Waals surface area contributed by atoms with Crippen molar-refractivity contribution < 1.29 is 23.9 Å². The molecule has 1 atom stereocenters. The molecule has 0 radical (unpaired) electrons. The first-order valence-electron chi connectivity index (χ1n) is 8.44. The lowest BCUT2D eigenvalue weighted by atomic mass is 10.1. The van der Waals surface area contributed by atoms with Gasteiger partial charge in [-0.1, -0.05) is 15.9 Å². The van der Waals surface area contributed by atoms with Crippen molar-refractivity contribution in [1.29, 1.82) is 0 Å². The maximum atomic E-state index is 12.4. The van der Waals surface area contributed by atoms with Crippen LogP contribution in [0, 0.1) is 0 Å². The molecule has 0 bridgehead atoms. The number of amides is 1. The van der Waals surface area contributed by atoms with E-state index in [1.807, 2.05) is 6.07 Å². The Balaban J connectivity index is 2.00. The average molecular weight is 446 g/mol. The van der Waals surface area contributed by atoms with Crippen molar-refractivity contribution in [3.63, 3.8) is 0 Å². The number of carbonyl (C=O) groups is 3. The van der Waals surface area contributed by atoms with Crippen LogP contribution in [0.4, 0.5) is 5.69 Å². The number of anilines is 1. The van der Waals surface area contributed by atoms with E-state index < -0.39 is 12.1 Å². The zero-order valence-electron chi connectivity index (χ0n) is 15.7. The highest BCUT2D eigenvalue weighted by Gasteiger charge is 2.18. The Morgan fingerprint density at radius 2 is 1.79 bits per heavy atom. The highest BCUT2D eigenvalue weighted by molar-refractivity contribution is 9.10. The number of hydrogen-bond donors (Lipinski definition) is 1. The number of hydrogen-bond acceptors (Lipinski definition) is 5. The average Bonchev–Trinajstić information content (AvgIpc) is 2.66. The second kappa shape index (κ2) is 9.85. The van der Waals surface area contributed by atoms with Gasteiger partial charge in [0, 0.05) is 34.3 Å². The van der Waals surface area contributed by atoms with Gasteiger partial charge in [0.2, 0.25) is 11.7 Å². The Kier molecular flexibility index (Phi) is 7.52. The summed E-state index contributed by atoms with van der Waals surface area (Å²) < 4.78 is 11.3. The molecule has 0 aliphatic rings. The predicted molar refractivity (Wildman–Crippen MR) is 110 cm³/mol. The molecule has 7 heteroatoms. The molecule has 0 heterocycles. The van der Waals surface area contributed by atoms with Crippen molar-refractivity contribution in [3.8, 4) is 5.75 Å². The fourth-order valence-corrected chi connectivity index (χ4v) is 2.79. The van der Waals surface area contributed by atoms with E-state index in [0.717, 1.165) is 4.47 Å². The summed E-state index contributed by atoms with van der Waals surface area (Å²) in [5.74, 6) is -0.570. The largest absolute Gasteiger partial charge is 0.496 e. The van der Waals surface area contributed by atoms with Crippen molar-refractivity contribution >= 4 is 45.4 Å². The lowest BCUT2D eigenvalue weighted by Gasteiger charge is -2.11. The van der Waals surface area contributed by atoms with Gasteiger partial charge in [0.1, 0.15) is 5.75 Å². The lowest BCUT2D eigenvalue weighted by Crippen LogP contribution is -2.23. The van der Waals surface area contributed by atoms with Gasteiger partial charge in [0.05, 0.1) is 7.11 Å². The number of ketones is 1. The van der Waals surface area contributed by atoms with Gasteiger partial charge in [-0.2, -0.15) is 0 Å². The van der Waals surface area contributed by atoms with Crippen LogP contribution >= 0.6 is 15.9 Å². The summed E-state index contributed by atoms with van der Waals surface area (Å²) in [4.78, 5) is 35.5. The first kappa shape index (κ1) is 21.4. The maximum Gasteiger partial charge on any atom is 0.331 e.